The van der Waals surface area contributed by atoms with Crippen LogP contribution in [-0.4, -0.2) is 13.2 Å². The zero-order chi connectivity index (χ0) is 4.12. The lowest BCUT2D eigenvalue weighted by Crippen LogP contribution is -1.67. The fourth-order valence-corrected chi connectivity index (χ4v) is 0.0304. The zero-order valence-electron chi connectivity index (χ0n) is 2.55. The molecule has 3 heteroatoms. The van der Waals surface area contributed by atoms with E-state index in [1.807, 2.05) is 0 Å². The molecule has 0 aromatic carbocycles. The molecule has 0 aromatic rings. The van der Waals surface area contributed by atoms with Crippen LogP contribution in [0, 0.1) is 0 Å². The highest BCUT2D eigenvalue weighted by Crippen LogP contribution is 1.53. The van der Waals surface area contributed by atoms with Gasteiger partial charge in [-0.2, -0.15) is 0 Å². The van der Waals surface area contributed by atoms with Crippen LogP contribution < -0.4 is 0 Å². The summed E-state index contributed by atoms with van der Waals surface area (Å²) < 4.78 is 0. The molecule has 0 fully saturated rings. The fraction of sp³-hybridized carbons (Fsp3) is 0. The second-order valence-electron chi connectivity index (χ2n) is 0.331. The van der Waals surface area contributed by atoms with Gasteiger partial charge >= 0.3 is 6.47 Å². The first-order valence-electron chi connectivity index (χ1n) is 0.970. The Hall–Kier alpha value is -0.860. The lowest BCUT2D eigenvalue weighted by Gasteiger charge is -1.69. The van der Waals surface area contributed by atoms with Crippen molar-refractivity contribution in [1.29, 1.82) is 0 Å². The molecule has 0 atom stereocenters. The van der Waals surface area contributed by atoms with Crippen LogP contribution in [0.15, 0.2) is 5.16 Å². The summed E-state index contributed by atoms with van der Waals surface area (Å²) in [6.07, 6.45) is 0. The van der Waals surface area contributed by atoms with Crippen molar-refractivity contribution in [2.75, 3.05) is 0 Å². The standard InChI is InChI=1S/C2H3NO2/c1-3-5-2-4/h2H,1H2. The maximum atomic E-state index is 9.05. The van der Waals surface area contributed by atoms with Crippen molar-refractivity contribution in [3.63, 3.8) is 0 Å². The highest BCUT2D eigenvalue weighted by molar-refractivity contribution is 5.37. The lowest BCUT2D eigenvalue weighted by molar-refractivity contribution is -0.128. The van der Waals surface area contributed by atoms with Gasteiger partial charge < -0.3 is 4.84 Å². The lowest BCUT2D eigenvalue weighted by atomic mass is 11.6. The van der Waals surface area contributed by atoms with Crippen molar-refractivity contribution in [2.24, 2.45) is 5.16 Å². The van der Waals surface area contributed by atoms with E-state index in [0.717, 1.165) is 0 Å². The minimum atomic E-state index is 0.201. The molecule has 0 amide bonds. The molecule has 0 aliphatic rings. The summed E-state index contributed by atoms with van der Waals surface area (Å²) in [5, 5.41) is 2.74. The second-order valence-corrected chi connectivity index (χ2v) is 0.331. The quantitative estimate of drug-likeness (QED) is 0.196. The Morgan fingerprint density at radius 2 is 2.60 bits per heavy atom. The maximum absolute atomic E-state index is 9.05. The first-order chi connectivity index (χ1) is 2.41. The zero-order valence-corrected chi connectivity index (χ0v) is 2.55. The van der Waals surface area contributed by atoms with Gasteiger partial charge in [0.2, 0.25) is 0 Å². The van der Waals surface area contributed by atoms with E-state index < -0.39 is 0 Å². The van der Waals surface area contributed by atoms with Crippen LogP contribution in [0.2, 0.25) is 0 Å². The Morgan fingerprint density at radius 1 is 2.00 bits per heavy atom. The third kappa shape index (κ3) is 3.14. The smallest absolute Gasteiger partial charge is 0.322 e. The molecule has 0 radical (unpaired) electrons. The predicted octanol–water partition coefficient (Wildman–Crippen LogP) is -0.225. The summed E-state index contributed by atoms with van der Waals surface area (Å²) in [6.45, 7) is 3.05. The van der Waals surface area contributed by atoms with E-state index in [4.69, 9.17) is 4.79 Å². The van der Waals surface area contributed by atoms with Crippen molar-refractivity contribution < 1.29 is 9.63 Å². The maximum Gasteiger partial charge on any atom is 0.323 e. The van der Waals surface area contributed by atoms with E-state index in [2.05, 4.69) is 16.7 Å². The Balaban J connectivity index is 2.65. The molecule has 28 valence electrons. The molecular weight excluding hydrogens is 70.0 g/mol. The first-order valence-corrected chi connectivity index (χ1v) is 0.970. The molecule has 0 saturated carbocycles. The van der Waals surface area contributed by atoms with Gasteiger partial charge in [0, 0.05) is 6.72 Å². The molecule has 0 N–H and O–H groups in total. The van der Waals surface area contributed by atoms with Crippen molar-refractivity contribution >= 4 is 13.2 Å². The predicted molar refractivity (Wildman–Crippen MR) is 16.7 cm³/mol. The van der Waals surface area contributed by atoms with Crippen LogP contribution in [0.25, 0.3) is 0 Å². The molecular formula is C2H3NO2. The van der Waals surface area contributed by atoms with Gasteiger partial charge in [0.05, 0.1) is 0 Å². The van der Waals surface area contributed by atoms with E-state index in [0.29, 0.717) is 0 Å². The van der Waals surface area contributed by atoms with E-state index in [1.165, 1.54) is 0 Å². The Kier molecular flexibility index (Phi) is 2.60. The number of nitrogens with zero attached hydrogens (tertiary/aromatic N) is 1. The van der Waals surface area contributed by atoms with Gasteiger partial charge in [-0.05, 0) is 0 Å². The molecule has 0 heterocycles. The molecule has 5 heavy (non-hydrogen) atoms. The number of rotatable bonds is 2. The van der Waals surface area contributed by atoms with Crippen LogP contribution in [0.5, 0.6) is 0 Å². The largest absolute Gasteiger partial charge is 0.323 e. The molecule has 0 aliphatic heterocycles. The van der Waals surface area contributed by atoms with E-state index in [1.54, 1.807) is 0 Å². The SMILES string of the molecule is C=NOC=O. The Morgan fingerprint density at radius 3 is 2.60 bits per heavy atom. The third-order valence-corrected chi connectivity index (χ3v) is 0.118. The van der Waals surface area contributed by atoms with E-state index >= 15 is 0 Å². The van der Waals surface area contributed by atoms with Gasteiger partial charge in [-0.15, -0.1) is 0 Å². The van der Waals surface area contributed by atoms with E-state index in [-0.39, 0.29) is 6.47 Å². The topological polar surface area (TPSA) is 38.7 Å². The molecule has 0 rings (SSSR count). The van der Waals surface area contributed by atoms with Gasteiger partial charge in [0.15, 0.2) is 0 Å². The summed E-state index contributed by atoms with van der Waals surface area (Å²) in [5.41, 5.74) is 0. The molecule has 0 aliphatic carbocycles. The second kappa shape index (κ2) is 3.14. The number of hydrogen-bond donors (Lipinski definition) is 0. The average molecular weight is 73.1 g/mol. The summed E-state index contributed by atoms with van der Waals surface area (Å²) in [6, 6.07) is 0. The van der Waals surface area contributed by atoms with Crippen molar-refractivity contribution in [1.82, 2.24) is 0 Å². The van der Waals surface area contributed by atoms with Crippen LogP contribution >= 0.6 is 0 Å². The van der Waals surface area contributed by atoms with Crippen molar-refractivity contribution in [3.05, 3.63) is 0 Å². The summed E-state index contributed by atoms with van der Waals surface area (Å²) in [4.78, 5) is 12.7. The Bertz CT molecular complexity index is 36.9. The summed E-state index contributed by atoms with van der Waals surface area (Å²) in [5.74, 6) is 0. The number of carbonyl (C=O) groups is 1. The molecule has 0 saturated heterocycles. The van der Waals surface area contributed by atoms with E-state index in [9.17, 15) is 0 Å². The van der Waals surface area contributed by atoms with Crippen LogP contribution in [-0.2, 0) is 9.63 Å². The highest BCUT2D eigenvalue weighted by atomic mass is 16.7. The van der Waals surface area contributed by atoms with Crippen LogP contribution in [0.4, 0.5) is 0 Å². The van der Waals surface area contributed by atoms with Gasteiger partial charge in [0.1, 0.15) is 0 Å². The fourth-order valence-electron chi connectivity index (χ4n) is 0.0304. The summed E-state index contributed by atoms with van der Waals surface area (Å²) >= 11 is 0. The molecule has 0 spiro atoms. The molecule has 0 aromatic heterocycles. The molecule has 0 unspecified atom stereocenters. The molecule has 0 bridgehead atoms. The van der Waals surface area contributed by atoms with Gasteiger partial charge in [-0.25, -0.2) is 0 Å². The normalized spacial score (nSPS) is 5.60. The van der Waals surface area contributed by atoms with Crippen molar-refractivity contribution in [3.8, 4) is 0 Å². The van der Waals surface area contributed by atoms with Gasteiger partial charge in [-0.1, -0.05) is 5.16 Å². The third-order valence-electron chi connectivity index (χ3n) is 0.118. The monoisotopic (exact) mass is 73.0 g/mol. The average Bonchev–Trinajstić information content (AvgIpc) is 1.41. The number of hydrogen-bond acceptors (Lipinski definition) is 3. The Labute approximate surface area is 29.2 Å². The minimum absolute atomic E-state index is 0.201. The van der Waals surface area contributed by atoms with Gasteiger partial charge in [0.25, 0.3) is 0 Å². The minimum Gasteiger partial charge on any atom is -0.322 e. The first kappa shape index (κ1) is 4.14. The van der Waals surface area contributed by atoms with Crippen LogP contribution in [0.3, 0.4) is 0 Å². The van der Waals surface area contributed by atoms with Gasteiger partial charge in [-0.3, -0.25) is 4.79 Å². The number of oxime groups is 1. The molecule has 3 nitrogen and oxygen atoms in total. The van der Waals surface area contributed by atoms with Crippen molar-refractivity contribution in [2.45, 2.75) is 0 Å². The summed E-state index contributed by atoms with van der Waals surface area (Å²) in [7, 11) is 0. The highest BCUT2D eigenvalue weighted by Gasteiger charge is 1.53. The van der Waals surface area contributed by atoms with Crippen LogP contribution in [0.1, 0.15) is 0 Å². The number of carbonyl (C=O) groups excluding carboxylic acids is 1.